The van der Waals surface area contributed by atoms with E-state index in [0.29, 0.717) is 30.4 Å². The van der Waals surface area contributed by atoms with Crippen molar-refractivity contribution in [2.45, 2.75) is 25.8 Å². The molecule has 3 rings (SSSR count). The number of carbonyl (C=O) groups is 1. The maximum atomic E-state index is 12.7. The van der Waals surface area contributed by atoms with Crippen molar-refractivity contribution in [2.75, 3.05) is 19.3 Å². The first kappa shape index (κ1) is 17.6. The summed E-state index contributed by atoms with van der Waals surface area (Å²) in [7, 11) is -3.28. The summed E-state index contributed by atoms with van der Waals surface area (Å²) in [6.45, 7) is 2.73. The molecular formula is C16H20N4O4S. The number of likely N-dealkylation sites (tertiary alicyclic amines) is 1. The van der Waals surface area contributed by atoms with E-state index in [4.69, 9.17) is 4.52 Å². The van der Waals surface area contributed by atoms with Gasteiger partial charge in [-0.1, -0.05) is 5.16 Å². The minimum absolute atomic E-state index is 0.117. The predicted molar refractivity (Wildman–Crippen MR) is 91.4 cm³/mol. The van der Waals surface area contributed by atoms with Crippen LogP contribution >= 0.6 is 0 Å². The van der Waals surface area contributed by atoms with Crippen LogP contribution in [-0.4, -0.2) is 54.8 Å². The van der Waals surface area contributed by atoms with Gasteiger partial charge in [0.15, 0.2) is 5.82 Å². The van der Waals surface area contributed by atoms with Gasteiger partial charge >= 0.3 is 0 Å². The first-order valence-electron chi connectivity index (χ1n) is 7.99. The van der Waals surface area contributed by atoms with Crippen LogP contribution in [0.4, 0.5) is 0 Å². The average molecular weight is 364 g/mol. The van der Waals surface area contributed by atoms with Crippen LogP contribution in [0.15, 0.2) is 28.8 Å². The fraction of sp³-hybridized carbons (Fsp3) is 0.438. The molecule has 0 unspecified atom stereocenters. The van der Waals surface area contributed by atoms with Crippen molar-refractivity contribution in [3.8, 4) is 11.5 Å². The van der Waals surface area contributed by atoms with E-state index in [9.17, 15) is 13.2 Å². The highest BCUT2D eigenvalue weighted by atomic mass is 32.2. The summed E-state index contributed by atoms with van der Waals surface area (Å²) in [6, 6.07) is 6.70. The molecule has 1 aromatic carbocycles. The number of piperidine rings is 1. The quantitative estimate of drug-likeness (QED) is 0.874. The molecule has 1 fully saturated rings. The summed E-state index contributed by atoms with van der Waals surface area (Å²) in [5, 5.41) is 3.74. The monoisotopic (exact) mass is 364 g/mol. The number of amides is 1. The summed E-state index contributed by atoms with van der Waals surface area (Å²) in [5.74, 6) is 0.841. The van der Waals surface area contributed by atoms with E-state index in [1.807, 2.05) is 0 Å². The minimum atomic E-state index is -3.28. The number of rotatable bonds is 4. The average Bonchev–Trinajstić information content (AvgIpc) is 2.99. The third-order valence-electron chi connectivity index (χ3n) is 4.00. The minimum Gasteiger partial charge on any atom is -0.337 e. The van der Waals surface area contributed by atoms with Gasteiger partial charge in [-0.05, 0) is 44.0 Å². The zero-order chi connectivity index (χ0) is 18.0. The zero-order valence-corrected chi connectivity index (χ0v) is 14.9. The third-order valence-corrected chi connectivity index (χ3v) is 4.76. The van der Waals surface area contributed by atoms with E-state index in [1.165, 1.54) is 0 Å². The van der Waals surface area contributed by atoms with Crippen LogP contribution in [0, 0.1) is 6.92 Å². The second-order valence-corrected chi connectivity index (χ2v) is 7.98. The van der Waals surface area contributed by atoms with E-state index in [-0.39, 0.29) is 11.9 Å². The molecule has 1 amide bonds. The van der Waals surface area contributed by atoms with Gasteiger partial charge < -0.3 is 9.42 Å². The highest BCUT2D eigenvalue weighted by Crippen LogP contribution is 2.20. The Bertz CT molecular complexity index is 861. The maximum absolute atomic E-state index is 12.7. The highest BCUT2D eigenvalue weighted by molar-refractivity contribution is 7.88. The van der Waals surface area contributed by atoms with Gasteiger partial charge in [-0.3, -0.25) is 4.79 Å². The SMILES string of the molecule is Cc1noc(-c2ccc(C(=O)N3CCC[C@@H](NS(C)(=O)=O)C3)cc2)n1. The lowest BCUT2D eigenvalue weighted by Gasteiger charge is -2.32. The molecule has 2 heterocycles. The molecule has 8 nitrogen and oxygen atoms in total. The Labute approximate surface area is 146 Å². The molecule has 9 heteroatoms. The molecule has 0 aliphatic carbocycles. The van der Waals surface area contributed by atoms with Gasteiger partial charge in [-0.25, -0.2) is 13.1 Å². The summed E-state index contributed by atoms with van der Waals surface area (Å²) in [4.78, 5) is 18.5. The fourth-order valence-electron chi connectivity index (χ4n) is 2.91. The van der Waals surface area contributed by atoms with Crippen LogP contribution in [0.5, 0.6) is 0 Å². The number of aromatic nitrogens is 2. The number of benzene rings is 1. The van der Waals surface area contributed by atoms with Crippen LogP contribution in [-0.2, 0) is 10.0 Å². The van der Waals surface area contributed by atoms with Gasteiger partial charge in [0.1, 0.15) is 0 Å². The molecule has 0 radical (unpaired) electrons. The van der Waals surface area contributed by atoms with Crippen molar-refractivity contribution in [1.82, 2.24) is 19.8 Å². The third kappa shape index (κ3) is 4.43. The topological polar surface area (TPSA) is 105 Å². The van der Waals surface area contributed by atoms with E-state index >= 15 is 0 Å². The molecule has 1 N–H and O–H groups in total. The lowest BCUT2D eigenvalue weighted by Crippen LogP contribution is -2.49. The van der Waals surface area contributed by atoms with Crippen molar-refractivity contribution in [3.05, 3.63) is 35.7 Å². The van der Waals surface area contributed by atoms with E-state index in [1.54, 1.807) is 36.1 Å². The number of carbonyl (C=O) groups excluding carboxylic acids is 1. The summed E-state index contributed by atoms with van der Waals surface area (Å²) < 4.78 is 30.5. The molecular weight excluding hydrogens is 344 g/mol. The maximum Gasteiger partial charge on any atom is 0.257 e. The molecule has 2 aromatic rings. The number of sulfonamides is 1. The second-order valence-electron chi connectivity index (χ2n) is 6.20. The lowest BCUT2D eigenvalue weighted by molar-refractivity contribution is 0.0703. The first-order chi connectivity index (χ1) is 11.8. The normalized spacial score (nSPS) is 18.3. The van der Waals surface area contributed by atoms with Crippen molar-refractivity contribution in [2.24, 2.45) is 0 Å². The molecule has 1 aliphatic rings. The Hall–Kier alpha value is -2.26. The summed E-state index contributed by atoms with van der Waals surface area (Å²) in [6.07, 6.45) is 2.62. The van der Waals surface area contributed by atoms with E-state index < -0.39 is 10.0 Å². The van der Waals surface area contributed by atoms with E-state index in [2.05, 4.69) is 14.9 Å². The van der Waals surface area contributed by atoms with Crippen molar-refractivity contribution < 1.29 is 17.7 Å². The molecule has 1 atom stereocenters. The molecule has 0 spiro atoms. The Balaban J connectivity index is 1.70. The predicted octanol–water partition coefficient (Wildman–Crippen LogP) is 1.20. The van der Waals surface area contributed by atoms with Crippen LogP contribution < -0.4 is 4.72 Å². The Morgan fingerprint density at radius 3 is 2.64 bits per heavy atom. The Morgan fingerprint density at radius 2 is 2.04 bits per heavy atom. The van der Waals surface area contributed by atoms with Gasteiger partial charge in [0.25, 0.3) is 11.8 Å². The van der Waals surface area contributed by atoms with Crippen molar-refractivity contribution in [3.63, 3.8) is 0 Å². The molecule has 25 heavy (non-hydrogen) atoms. The van der Waals surface area contributed by atoms with Crippen molar-refractivity contribution in [1.29, 1.82) is 0 Å². The Morgan fingerprint density at radius 1 is 1.32 bits per heavy atom. The second kappa shape index (κ2) is 6.93. The lowest BCUT2D eigenvalue weighted by atomic mass is 10.0. The molecule has 1 saturated heterocycles. The van der Waals surface area contributed by atoms with Crippen LogP contribution in [0.25, 0.3) is 11.5 Å². The van der Waals surface area contributed by atoms with Gasteiger partial charge in [0.05, 0.1) is 6.26 Å². The molecule has 134 valence electrons. The summed E-state index contributed by atoms with van der Waals surface area (Å²) in [5.41, 5.74) is 1.28. The number of hydrogen-bond donors (Lipinski definition) is 1. The van der Waals surface area contributed by atoms with Crippen LogP contribution in [0.3, 0.4) is 0 Å². The zero-order valence-electron chi connectivity index (χ0n) is 14.1. The standard InChI is InChI=1S/C16H20N4O4S/c1-11-17-15(24-18-11)12-5-7-13(8-6-12)16(21)20-9-3-4-14(10-20)19-25(2,22)23/h5-8,14,19H,3-4,9-10H2,1-2H3/t14-/m1/s1. The summed E-state index contributed by atoms with van der Waals surface area (Å²) >= 11 is 0. The van der Waals surface area contributed by atoms with Gasteiger partial charge in [0.2, 0.25) is 10.0 Å². The molecule has 0 bridgehead atoms. The molecule has 1 aliphatic heterocycles. The number of nitrogens with zero attached hydrogens (tertiary/aromatic N) is 3. The first-order valence-corrected chi connectivity index (χ1v) is 9.88. The number of aryl methyl sites for hydroxylation is 1. The van der Waals surface area contributed by atoms with Crippen molar-refractivity contribution >= 4 is 15.9 Å². The molecule has 0 saturated carbocycles. The fourth-order valence-corrected chi connectivity index (χ4v) is 3.71. The largest absolute Gasteiger partial charge is 0.337 e. The van der Waals surface area contributed by atoms with Gasteiger partial charge in [-0.2, -0.15) is 4.98 Å². The number of hydrogen-bond acceptors (Lipinski definition) is 6. The van der Waals surface area contributed by atoms with E-state index in [0.717, 1.165) is 24.7 Å². The number of nitrogens with one attached hydrogen (secondary N) is 1. The van der Waals surface area contributed by atoms with Crippen LogP contribution in [0.1, 0.15) is 29.0 Å². The highest BCUT2D eigenvalue weighted by Gasteiger charge is 2.26. The van der Waals surface area contributed by atoms with Gasteiger partial charge in [0, 0.05) is 30.3 Å². The van der Waals surface area contributed by atoms with Gasteiger partial charge in [-0.15, -0.1) is 0 Å². The Kier molecular flexibility index (Phi) is 4.87. The molecule has 1 aromatic heterocycles. The smallest absolute Gasteiger partial charge is 0.257 e. The van der Waals surface area contributed by atoms with Crippen LogP contribution in [0.2, 0.25) is 0 Å².